The Bertz CT molecular complexity index is 873. The van der Waals surface area contributed by atoms with Crippen molar-refractivity contribution < 1.29 is 14.6 Å². The van der Waals surface area contributed by atoms with Gasteiger partial charge in [-0.25, -0.2) is 0 Å². The van der Waals surface area contributed by atoms with Gasteiger partial charge in [-0.3, -0.25) is 4.79 Å². The van der Waals surface area contributed by atoms with Crippen molar-refractivity contribution in [2.75, 3.05) is 6.61 Å². The molecule has 1 heterocycles. The predicted molar refractivity (Wildman–Crippen MR) is 117 cm³/mol. The lowest BCUT2D eigenvalue weighted by Gasteiger charge is -2.14. The number of carbonyl (C=O) groups excluding carboxylic acids is 1. The molecule has 0 saturated heterocycles. The van der Waals surface area contributed by atoms with Crippen LogP contribution < -0.4 is 4.74 Å². The first-order valence-electron chi connectivity index (χ1n) is 11.2. The Morgan fingerprint density at radius 3 is 2.71 bits per heavy atom. The molecule has 1 aromatic heterocycles. The van der Waals surface area contributed by atoms with Gasteiger partial charge in [0.25, 0.3) is 0 Å². The summed E-state index contributed by atoms with van der Waals surface area (Å²) in [5.74, 6) is 1.27. The van der Waals surface area contributed by atoms with Crippen molar-refractivity contribution in [3.8, 4) is 17.6 Å². The Balaban J connectivity index is 1.72. The highest BCUT2D eigenvalue weighted by atomic mass is 16.5. The van der Waals surface area contributed by atoms with Gasteiger partial charge in [-0.2, -0.15) is 10.1 Å². The second kappa shape index (κ2) is 13.4. The average molecular weight is 428 g/mol. The van der Waals surface area contributed by atoms with Crippen LogP contribution in [0, 0.1) is 11.3 Å². The number of phenols is 1. The zero-order valence-electron chi connectivity index (χ0n) is 18.6. The number of aromatic hydroxyl groups is 1. The van der Waals surface area contributed by atoms with Crippen LogP contribution >= 0.6 is 0 Å². The van der Waals surface area contributed by atoms with Crippen LogP contribution in [0.4, 0.5) is 0 Å². The number of hydrogen-bond donors (Lipinski definition) is 1. The van der Waals surface area contributed by atoms with E-state index in [1.807, 2.05) is 6.92 Å². The summed E-state index contributed by atoms with van der Waals surface area (Å²) >= 11 is 0. The standard InChI is InChI=1S/C23H33N5O3/c1-3-11-20-21(14-13-19(18(2)29)23(20)30)31-17-10-7-12-22-25-27-28(26-22)16-9-6-4-5-8-15-24/h13-14,30H,3-12,16-17H2,1-2H3. The lowest BCUT2D eigenvalue weighted by atomic mass is 10.0. The Morgan fingerprint density at radius 2 is 1.97 bits per heavy atom. The number of benzene rings is 1. The van der Waals surface area contributed by atoms with Crippen LogP contribution in [-0.2, 0) is 19.4 Å². The molecule has 0 aliphatic rings. The SMILES string of the molecule is CCCc1c(OCCCCc2nnn(CCCCCCC#N)n2)ccc(C(C)=O)c1O. The van der Waals surface area contributed by atoms with Gasteiger partial charge in [-0.15, -0.1) is 10.2 Å². The van der Waals surface area contributed by atoms with Crippen molar-refractivity contribution >= 4 is 5.78 Å². The predicted octanol–water partition coefficient (Wildman–Crippen LogP) is 4.41. The minimum absolute atomic E-state index is 0.0396. The molecule has 1 aromatic carbocycles. The Kier molecular flexibility index (Phi) is 10.5. The number of carbonyl (C=O) groups is 1. The van der Waals surface area contributed by atoms with Gasteiger partial charge in [-0.05, 0) is 56.4 Å². The monoisotopic (exact) mass is 427 g/mol. The molecule has 8 heteroatoms. The first kappa shape index (κ1) is 24.3. The largest absolute Gasteiger partial charge is 0.507 e. The van der Waals surface area contributed by atoms with Crippen LogP contribution in [0.2, 0.25) is 0 Å². The summed E-state index contributed by atoms with van der Waals surface area (Å²) in [6.45, 7) is 4.75. The molecular formula is C23H33N5O3. The van der Waals surface area contributed by atoms with Gasteiger partial charge in [0.05, 0.1) is 24.8 Å². The van der Waals surface area contributed by atoms with Crippen molar-refractivity contribution in [1.29, 1.82) is 5.26 Å². The summed E-state index contributed by atoms with van der Waals surface area (Å²) in [5.41, 5.74) is 1.04. The van der Waals surface area contributed by atoms with E-state index >= 15 is 0 Å². The highest BCUT2D eigenvalue weighted by Crippen LogP contribution is 2.33. The van der Waals surface area contributed by atoms with E-state index in [-0.39, 0.29) is 11.5 Å². The summed E-state index contributed by atoms with van der Waals surface area (Å²) in [6.07, 6.45) is 8.65. The lowest BCUT2D eigenvalue weighted by molar-refractivity contribution is 0.101. The normalized spacial score (nSPS) is 10.7. The van der Waals surface area contributed by atoms with Crippen LogP contribution in [0.5, 0.6) is 11.5 Å². The van der Waals surface area contributed by atoms with E-state index in [1.54, 1.807) is 16.9 Å². The number of tetrazole rings is 1. The van der Waals surface area contributed by atoms with Crippen LogP contribution in [0.1, 0.15) is 87.0 Å². The van der Waals surface area contributed by atoms with Crippen molar-refractivity contribution in [3.63, 3.8) is 0 Å². The number of ether oxygens (including phenoxy) is 1. The summed E-state index contributed by atoms with van der Waals surface area (Å²) in [7, 11) is 0. The molecule has 0 saturated carbocycles. The number of aryl methyl sites for hydroxylation is 2. The molecule has 1 N–H and O–H groups in total. The number of aromatic nitrogens is 4. The molecule has 2 aromatic rings. The van der Waals surface area contributed by atoms with E-state index < -0.39 is 0 Å². The molecule has 0 aliphatic carbocycles. The number of rotatable bonds is 15. The lowest BCUT2D eigenvalue weighted by Crippen LogP contribution is -2.04. The molecule has 0 aliphatic heterocycles. The maximum absolute atomic E-state index is 11.7. The maximum Gasteiger partial charge on any atom is 0.174 e. The average Bonchev–Trinajstić information content (AvgIpc) is 3.20. The molecular weight excluding hydrogens is 394 g/mol. The molecule has 0 fully saturated rings. The Hall–Kier alpha value is -2.95. The third-order valence-corrected chi connectivity index (χ3v) is 5.06. The zero-order valence-corrected chi connectivity index (χ0v) is 18.6. The molecule has 0 atom stereocenters. The molecule has 0 unspecified atom stereocenters. The number of unbranched alkanes of at least 4 members (excludes halogenated alkanes) is 5. The molecule has 0 bridgehead atoms. The van der Waals surface area contributed by atoms with Gasteiger partial charge in [0.15, 0.2) is 11.6 Å². The molecule has 31 heavy (non-hydrogen) atoms. The Labute approximate surface area is 184 Å². The zero-order chi connectivity index (χ0) is 22.5. The van der Waals surface area contributed by atoms with E-state index in [2.05, 4.69) is 21.5 Å². The third kappa shape index (κ3) is 8.00. The van der Waals surface area contributed by atoms with Crippen LogP contribution in [-0.4, -0.2) is 37.7 Å². The maximum atomic E-state index is 11.7. The van der Waals surface area contributed by atoms with Gasteiger partial charge in [0.2, 0.25) is 0 Å². The van der Waals surface area contributed by atoms with Crippen molar-refractivity contribution in [1.82, 2.24) is 20.2 Å². The number of hydrogen-bond acceptors (Lipinski definition) is 7. The van der Waals surface area contributed by atoms with Crippen molar-refractivity contribution in [2.24, 2.45) is 0 Å². The topological polar surface area (TPSA) is 114 Å². The minimum Gasteiger partial charge on any atom is -0.507 e. The van der Waals surface area contributed by atoms with E-state index in [0.29, 0.717) is 36.3 Å². The molecule has 0 radical (unpaired) electrons. The molecule has 0 amide bonds. The molecule has 168 valence electrons. The number of phenolic OH excluding ortho intramolecular Hbond substituents is 1. The molecule has 2 rings (SSSR count). The van der Waals surface area contributed by atoms with Gasteiger partial charge >= 0.3 is 0 Å². The first-order chi connectivity index (χ1) is 15.1. The Morgan fingerprint density at radius 1 is 1.16 bits per heavy atom. The second-order valence-corrected chi connectivity index (χ2v) is 7.67. The number of Topliss-reactive ketones (excluding diaryl/α,β-unsaturated/α-hetero) is 1. The fourth-order valence-corrected chi connectivity index (χ4v) is 3.38. The number of ketones is 1. The van der Waals surface area contributed by atoms with Gasteiger partial charge < -0.3 is 9.84 Å². The fraction of sp³-hybridized carbons (Fsp3) is 0.609. The van der Waals surface area contributed by atoms with E-state index in [9.17, 15) is 9.90 Å². The van der Waals surface area contributed by atoms with E-state index in [4.69, 9.17) is 10.00 Å². The summed E-state index contributed by atoms with van der Waals surface area (Å²) in [6, 6.07) is 5.56. The van der Waals surface area contributed by atoms with Crippen LogP contribution in [0.15, 0.2) is 12.1 Å². The summed E-state index contributed by atoms with van der Waals surface area (Å²) < 4.78 is 5.89. The fourth-order valence-electron chi connectivity index (χ4n) is 3.38. The molecule has 0 spiro atoms. The van der Waals surface area contributed by atoms with Crippen LogP contribution in [0.25, 0.3) is 0 Å². The van der Waals surface area contributed by atoms with Gasteiger partial charge in [0, 0.05) is 18.4 Å². The highest BCUT2D eigenvalue weighted by molar-refractivity contribution is 5.97. The first-order valence-corrected chi connectivity index (χ1v) is 11.2. The highest BCUT2D eigenvalue weighted by Gasteiger charge is 2.15. The minimum atomic E-state index is -0.152. The smallest absolute Gasteiger partial charge is 0.174 e. The summed E-state index contributed by atoms with van der Waals surface area (Å²) in [4.78, 5) is 13.3. The number of nitriles is 1. The van der Waals surface area contributed by atoms with E-state index in [0.717, 1.165) is 63.7 Å². The van der Waals surface area contributed by atoms with Crippen molar-refractivity contribution in [3.05, 3.63) is 29.1 Å². The third-order valence-electron chi connectivity index (χ3n) is 5.06. The van der Waals surface area contributed by atoms with E-state index in [1.165, 1.54) is 6.92 Å². The summed E-state index contributed by atoms with van der Waals surface area (Å²) in [5, 5.41) is 31.5. The quantitative estimate of drug-likeness (QED) is 0.331. The second-order valence-electron chi connectivity index (χ2n) is 7.67. The van der Waals surface area contributed by atoms with Gasteiger partial charge in [0.1, 0.15) is 11.5 Å². The van der Waals surface area contributed by atoms with Crippen LogP contribution in [0.3, 0.4) is 0 Å². The van der Waals surface area contributed by atoms with Crippen molar-refractivity contribution in [2.45, 2.75) is 84.6 Å². The van der Waals surface area contributed by atoms with Gasteiger partial charge in [-0.1, -0.05) is 26.2 Å². The number of nitrogens with zero attached hydrogens (tertiary/aromatic N) is 5. The molecule has 8 nitrogen and oxygen atoms in total.